The lowest BCUT2D eigenvalue weighted by Gasteiger charge is -2.11. The van der Waals surface area contributed by atoms with E-state index < -0.39 is 0 Å². The predicted octanol–water partition coefficient (Wildman–Crippen LogP) is 3.65. The number of rotatable bonds is 3. The molecule has 94 valence electrons. The van der Waals surface area contributed by atoms with E-state index in [-0.39, 0.29) is 5.97 Å². The number of hydrogen-bond acceptors (Lipinski definition) is 2. The summed E-state index contributed by atoms with van der Waals surface area (Å²) in [4.78, 5) is 11.8. The van der Waals surface area contributed by atoms with Crippen LogP contribution in [0.4, 0.5) is 0 Å². The Kier molecular flexibility index (Phi) is 3.24. The van der Waals surface area contributed by atoms with Crippen molar-refractivity contribution in [3.05, 3.63) is 42.1 Å². The van der Waals surface area contributed by atoms with E-state index in [4.69, 9.17) is 4.74 Å². The van der Waals surface area contributed by atoms with Crippen LogP contribution in [0, 0.1) is 0 Å². The van der Waals surface area contributed by atoms with Crippen LogP contribution in [0.3, 0.4) is 0 Å². The zero-order chi connectivity index (χ0) is 13.3. The Morgan fingerprint density at radius 3 is 2.72 bits per heavy atom. The van der Waals surface area contributed by atoms with Crippen LogP contribution in [0.15, 0.2) is 31.0 Å². The number of esters is 1. The number of fused-ring (bicyclic) bond motifs is 1. The fourth-order valence-corrected chi connectivity index (χ4v) is 2.13. The maximum absolute atomic E-state index is 11.8. The number of hydrogen-bond donors (Lipinski definition) is 0. The molecule has 2 aromatic rings. The highest BCUT2D eigenvalue weighted by atomic mass is 16.5. The zero-order valence-electron chi connectivity index (χ0n) is 10.9. The number of ether oxygens (including phenoxy) is 1. The second-order valence-electron chi connectivity index (χ2n) is 4.51. The molecule has 0 aliphatic rings. The van der Waals surface area contributed by atoms with E-state index >= 15 is 0 Å². The molecule has 0 spiro atoms. The first-order valence-corrected chi connectivity index (χ1v) is 5.93. The summed E-state index contributed by atoms with van der Waals surface area (Å²) in [5, 5.41) is 0.918. The fraction of sp³-hybridized carbons (Fsp3) is 0.267. The molecule has 0 N–H and O–H groups in total. The van der Waals surface area contributed by atoms with Crippen molar-refractivity contribution in [2.75, 3.05) is 7.11 Å². The van der Waals surface area contributed by atoms with E-state index in [0.717, 1.165) is 16.5 Å². The monoisotopic (exact) mass is 243 g/mol. The van der Waals surface area contributed by atoms with Crippen molar-refractivity contribution < 1.29 is 9.53 Å². The van der Waals surface area contributed by atoms with E-state index in [2.05, 4.69) is 25.0 Å². The van der Waals surface area contributed by atoms with Gasteiger partial charge in [0.2, 0.25) is 0 Å². The Morgan fingerprint density at radius 1 is 1.44 bits per heavy atom. The third-order valence-electron chi connectivity index (χ3n) is 3.06. The van der Waals surface area contributed by atoms with Gasteiger partial charge in [0.1, 0.15) is 0 Å². The van der Waals surface area contributed by atoms with Crippen LogP contribution < -0.4 is 0 Å². The highest BCUT2D eigenvalue weighted by molar-refractivity contribution is 6.04. The lowest BCUT2D eigenvalue weighted by Crippen LogP contribution is -2.03. The van der Waals surface area contributed by atoms with Gasteiger partial charge >= 0.3 is 5.97 Å². The number of carbonyl (C=O) groups excluding carboxylic acids is 1. The summed E-state index contributed by atoms with van der Waals surface area (Å²) < 4.78 is 6.96. The summed E-state index contributed by atoms with van der Waals surface area (Å²) in [7, 11) is 1.40. The van der Waals surface area contributed by atoms with Gasteiger partial charge in [0, 0.05) is 23.1 Å². The number of aromatic nitrogens is 1. The highest BCUT2D eigenvalue weighted by Gasteiger charge is 2.14. The molecule has 1 aromatic heterocycles. The van der Waals surface area contributed by atoms with E-state index in [1.165, 1.54) is 7.11 Å². The number of carbonyl (C=O) groups is 1. The van der Waals surface area contributed by atoms with Crippen molar-refractivity contribution >= 4 is 22.9 Å². The van der Waals surface area contributed by atoms with Crippen LogP contribution >= 0.6 is 0 Å². The number of nitrogens with zero attached hydrogens (tertiary/aromatic N) is 1. The molecule has 0 unspecified atom stereocenters. The van der Waals surface area contributed by atoms with E-state index in [0.29, 0.717) is 11.6 Å². The van der Waals surface area contributed by atoms with Gasteiger partial charge in [0.15, 0.2) is 0 Å². The third kappa shape index (κ3) is 1.92. The van der Waals surface area contributed by atoms with Crippen molar-refractivity contribution in [1.82, 2.24) is 4.57 Å². The molecule has 2 rings (SSSR count). The predicted molar refractivity (Wildman–Crippen MR) is 73.8 cm³/mol. The maximum Gasteiger partial charge on any atom is 0.338 e. The molecule has 1 heterocycles. The van der Waals surface area contributed by atoms with Gasteiger partial charge in [-0.1, -0.05) is 12.7 Å². The fourth-order valence-electron chi connectivity index (χ4n) is 2.13. The summed E-state index contributed by atoms with van der Waals surface area (Å²) in [6, 6.07) is 6.14. The van der Waals surface area contributed by atoms with Gasteiger partial charge in [-0.15, -0.1) is 0 Å². The molecule has 3 heteroatoms. The third-order valence-corrected chi connectivity index (χ3v) is 3.06. The minimum Gasteiger partial charge on any atom is -0.465 e. The summed E-state index contributed by atoms with van der Waals surface area (Å²) in [6.07, 6.45) is 3.73. The Bertz CT molecular complexity index is 608. The Hall–Kier alpha value is -2.03. The van der Waals surface area contributed by atoms with Gasteiger partial charge in [0.05, 0.1) is 12.7 Å². The van der Waals surface area contributed by atoms with Crippen LogP contribution in [-0.4, -0.2) is 17.6 Å². The number of methoxy groups -OCH3 is 1. The minimum atomic E-state index is -0.315. The summed E-state index contributed by atoms with van der Waals surface area (Å²) in [5.41, 5.74) is 2.54. The smallest absolute Gasteiger partial charge is 0.338 e. The van der Waals surface area contributed by atoms with Crippen LogP contribution in [0.5, 0.6) is 0 Å². The molecule has 0 atom stereocenters. The highest BCUT2D eigenvalue weighted by Crippen LogP contribution is 2.26. The van der Waals surface area contributed by atoms with Crippen LogP contribution in [0.2, 0.25) is 0 Å². The second-order valence-corrected chi connectivity index (χ2v) is 4.51. The molecule has 0 radical (unpaired) electrons. The lowest BCUT2D eigenvalue weighted by atomic mass is 10.1. The molecule has 0 amide bonds. The molecule has 0 aliphatic carbocycles. The molecule has 0 fully saturated rings. The maximum atomic E-state index is 11.8. The summed E-state index contributed by atoms with van der Waals surface area (Å²) >= 11 is 0. The number of benzene rings is 1. The first-order valence-electron chi connectivity index (χ1n) is 5.93. The van der Waals surface area contributed by atoms with Crippen molar-refractivity contribution in [1.29, 1.82) is 0 Å². The second kappa shape index (κ2) is 4.69. The minimum absolute atomic E-state index is 0.315. The van der Waals surface area contributed by atoms with E-state index in [9.17, 15) is 4.79 Å². The lowest BCUT2D eigenvalue weighted by molar-refractivity contribution is 0.0603. The standard InChI is InChI=1S/C15H17NO2/c1-5-11-8-13(15(17)18-4)12-6-7-16(10(2)3)14(12)9-11/h5-10H,1H2,2-4H3. The van der Waals surface area contributed by atoms with Crippen molar-refractivity contribution in [3.8, 4) is 0 Å². The molecular formula is C15H17NO2. The van der Waals surface area contributed by atoms with Crippen LogP contribution in [-0.2, 0) is 4.74 Å². The van der Waals surface area contributed by atoms with Gasteiger partial charge in [0.25, 0.3) is 0 Å². The summed E-state index contributed by atoms with van der Waals surface area (Å²) in [5.74, 6) is -0.315. The first kappa shape index (κ1) is 12.4. The summed E-state index contributed by atoms with van der Waals surface area (Å²) in [6.45, 7) is 7.98. The molecular weight excluding hydrogens is 226 g/mol. The largest absolute Gasteiger partial charge is 0.465 e. The van der Waals surface area contributed by atoms with Gasteiger partial charge in [-0.3, -0.25) is 0 Å². The quantitative estimate of drug-likeness (QED) is 0.770. The van der Waals surface area contributed by atoms with E-state index in [1.54, 1.807) is 6.08 Å². The average molecular weight is 243 g/mol. The Balaban J connectivity index is 2.78. The van der Waals surface area contributed by atoms with Crippen molar-refractivity contribution in [3.63, 3.8) is 0 Å². The molecule has 0 saturated heterocycles. The molecule has 1 aromatic carbocycles. The molecule has 0 saturated carbocycles. The van der Waals surface area contributed by atoms with E-state index in [1.807, 2.05) is 24.4 Å². The van der Waals surface area contributed by atoms with Crippen molar-refractivity contribution in [2.24, 2.45) is 0 Å². The Labute approximate surface area is 107 Å². The Morgan fingerprint density at radius 2 is 2.17 bits per heavy atom. The normalized spacial score (nSPS) is 10.9. The van der Waals surface area contributed by atoms with Gasteiger partial charge < -0.3 is 9.30 Å². The molecule has 18 heavy (non-hydrogen) atoms. The molecule has 3 nitrogen and oxygen atoms in total. The van der Waals surface area contributed by atoms with Gasteiger partial charge in [-0.2, -0.15) is 0 Å². The first-order chi connectivity index (χ1) is 8.58. The van der Waals surface area contributed by atoms with Crippen LogP contribution in [0.25, 0.3) is 17.0 Å². The van der Waals surface area contributed by atoms with Crippen LogP contribution in [0.1, 0.15) is 35.8 Å². The van der Waals surface area contributed by atoms with Gasteiger partial charge in [-0.25, -0.2) is 4.79 Å². The topological polar surface area (TPSA) is 31.2 Å². The molecule has 0 bridgehead atoms. The molecule has 0 aliphatic heterocycles. The van der Waals surface area contributed by atoms with Crippen molar-refractivity contribution in [2.45, 2.75) is 19.9 Å². The zero-order valence-corrected chi connectivity index (χ0v) is 10.9. The average Bonchev–Trinajstić information content (AvgIpc) is 2.80. The van der Waals surface area contributed by atoms with Gasteiger partial charge in [-0.05, 0) is 37.6 Å². The SMILES string of the molecule is C=Cc1cc(C(=O)OC)c2ccn(C(C)C)c2c1.